The minimum absolute atomic E-state index is 0.0206. The van der Waals surface area contributed by atoms with Crippen LogP contribution in [0.2, 0.25) is 0 Å². The first-order chi connectivity index (χ1) is 6.13. The number of carbonyl (C=O) groups is 2. The van der Waals surface area contributed by atoms with Crippen molar-refractivity contribution in [2.45, 2.75) is 19.8 Å². The molecule has 1 aliphatic rings. The highest BCUT2D eigenvalue weighted by Gasteiger charge is 2.26. The number of alkyl halides is 1. The fraction of sp³-hybridized carbons (Fsp3) is 0.778. The topological polar surface area (TPSA) is 37.4 Å². The number of hydrogen-bond donors (Lipinski definition) is 0. The minimum Gasteiger partial charge on any atom is -0.341 e. The van der Waals surface area contributed by atoms with Crippen LogP contribution in [-0.2, 0) is 9.59 Å². The van der Waals surface area contributed by atoms with Gasteiger partial charge < -0.3 is 9.69 Å². The zero-order valence-corrected chi connectivity index (χ0v) is 8.51. The van der Waals surface area contributed by atoms with E-state index in [2.05, 4.69) is 0 Å². The summed E-state index contributed by atoms with van der Waals surface area (Å²) in [6.45, 7) is 3.04. The van der Waals surface area contributed by atoms with Crippen molar-refractivity contribution in [2.75, 3.05) is 19.0 Å². The summed E-state index contributed by atoms with van der Waals surface area (Å²) in [6, 6.07) is 0. The van der Waals surface area contributed by atoms with Gasteiger partial charge in [0.2, 0.25) is 5.91 Å². The lowest BCUT2D eigenvalue weighted by Crippen LogP contribution is -2.29. The van der Waals surface area contributed by atoms with Gasteiger partial charge in [0.05, 0.1) is 0 Å². The lowest BCUT2D eigenvalue weighted by atomic mass is 10.0. The summed E-state index contributed by atoms with van der Waals surface area (Å²) in [4.78, 5) is 23.7. The third-order valence-electron chi connectivity index (χ3n) is 2.33. The summed E-state index contributed by atoms with van der Waals surface area (Å²) >= 11 is 5.43. The molecular weight excluding hydrogens is 190 g/mol. The minimum atomic E-state index is -0.0206. The largest absolute Gasteiger partial charge is 0.341 e. The van der Waals surface area contributed by atoms with Crippen LogP contribution in [0.5, 0.6) is 0 Å². The van der Waals surface area contributed by atoms with E-state index in [1.165, 1.54) is 0 Å². The Kier molecular flexibility index (Phi) is 3.72. The van der Waals surface area contributed by atoms with E-state index in [1.807, 2.05) is 0 Å². The second kappa shape index (κ2) is 4.61. The Hall–Kier alpha value is -0.570. The molecule has 1 amide bonds. The van der Waals surface area contributed by atoms with Gasteiger partial charge in [0.1, 0.15) is 11.7 Å². The number of likely N-dealkylation sites (tertiary alicyclic amines) is 1. The predicted molar refractivity (Wildman–Crippen MR) is 50.7 cm³/mol. The lowest BCUT2D eigenvalue weighted by molar-refractivity contribution is -0.128. The summed E-state index contributed by atoms with van der Waals surface area (Å²) < 4.78 is 0. The molecule has 1 heterocycles. The molecule has 0 radical (unpaired) electrons. The molecule has 0 saturated carbocycles. The Balaban J connectivity index is 2.36. The van der Waals surface area contributed by atoms with Crippen molar-refractivity contribution in [2.24, 2.45) is 5.92 Å². The average Bonchev–Trinajstić information content (AvgIpc) is 2.50. The molecule has 1 atom stereocenters. The first-order valence-corrected chi connectivity index (χ1v) is 5.00. The van der Waals surface area contributed by atoms with Crippen molar-refractivity contribution < 1.29 is 9.59 Å². The average molecular weight is 204 g/mol. The summed E-state index contributed by atoms with van der Waals surface area (Å²) in [5.41, 5.74) is 0. The molecule has 0 aliphatic carbocycles. The standard InChI is InChI=1S/C9H14ClNO2/c1-7(12)4-8-2-3-11(6-8)9(13)5-10/h8H,2-6H2,1H3. The van der Waals surface area contributed by atoms with E-state index < -0.39 is 0 Å². The van der Waals surface area contributed by atoms with E-state index in [4.69, 9.17) is 11.6 Å². The van der Waals surface area contributed by atoms with Crippen molar-refractivity contribution in [1.82, 2.24) is 4.90 Å². The Morgan fingerprint density at radius 2 is 2.23 bits per heavy atom. The van der Waals surface area contributed by atoms with Crippen molar-refractivity contribution >= 4 is 23.3 Å². The number of nitrogens with zero attached hydrogens (tertiary/aromatic N) is 1. The zero-order chi connectivity index (χ0) is 9.84. The number of Topliss-reactive ketones (excluding diaryl/α,β-unsaturated/α-hetero) is 1. The van der Waals surface area contributed by atoms with Crippen LogP contribution in [0.4, 0.5) is 0 Å². The molecule has 0 aromatic rings. The third-order valence-corrected chi connectivity index (χ3v) is 2.56. The Morgan fingerprint density at radius 1 is 1.54 bits per heavy atom. The maximum Gasteiger partial charge on any atom is 0.237 e. The number of hydrogen-bond acceptors (Lipinski definition) is 2. The van der Waals surface area contributed by atoms with Crippen LogP contribution in [0.15, 0.2) is 0 Å². The molecule has 13 heavy (non-hydrogen) atoms. The van der Waals surface area contributed by atoms with Crippen LogP contribution in [0.1, 0.15) is 19.8 Å². The summed E-state index contributed by atoms with van der Waals surface area (Å²) in [7, 11) is 0. The van der Waals surface area contributed by atoms with Crippen molar-refractivity contribution in [3.8, 4) is 0 Å². The highest BCUT2D eigenvalue weighted by molar-refractivity contribution is 6.27. The molecule has 1 saturated heterocycles. The number of rotatable bonds is 3. The monoisotopic (exact) mass is 203 g/mol. The van der Waals surface area contributed by atoms with E-state index in [-0.39, 0.29) is 17.6 Å². The second-order valence-electron chi connectivity index (χ2n) is 3.53. The van der Waals surface area contributed by atoms with E-state index in [9.17, 15) is 9.59 Å². The second-order valence-corrected chi connectivity index (χ2v) is 3.80. The van der Waals surface area contributed by atoms with Gasteiger partial charge in [-0.15, -0.1) is 11.6 Å². The van der Waals surface area contributed by atoms with E-state index >= 15 is 0 Å². The molecule has 1 fully saturated rings. The molecule has 0 aromatic carbocycles. The van der Waals surface area contributed by atoms with E-state index in [0.29, 0.717) is 18.9 Å². The molecule has 3 nitrogen and oxygen atoms in total. The van der Waals surface area contributed by atoms with Gasteiger partial charge in [-0.1, -0.05) is 0 Å². The van der Waals surface area contributed by atoms with E-state index in [0.717, 1.165) is 13.0 Å². The summed E-state index contributed by atoms with van der Waals surface area (Å²) in [5, 5.41) is 0. The number of amides is 1. The normalized spacial score (nSPS) is 22.0. The summed E-state index contributed by atoms with van der Waals surface area (Å²) in [6.07, 6.45) is 1.52. The summed E-state index contributed by atoms with van der Waals surface area (Å²) in [5.74, 6) is 0.579. The smallest absolute Gasteiger partial charge is 0.237 e. The Labute approximate surface area is 83.0 Å². The SMILES string of the molecule is CC(=O)CC1CCN(C(=O)CCl)C1. The van der Waals surface area contributed by atoms with Crippen LogP contribution in [0, 0.1) is 5.92 Å². The van der Waals surface area contributed by atoms with Gasteiger partial charge in [0, 0.05) is 19.5 Å². The molecule has 74 valence electrons. The quantitative estimate of drug-likeness (QED) is 0.644. The highest BCUT2D eigenvalue weighted by Crippen LogP contribution is 2.19. The molecule has 4 heteroatoms. The number of ketones is 1. The van der Waals surface area contributed by atoms with Gasteiger partial charge >= 0.3 is 0 Å². The fourth-order valence-electron chi connectivity index (χ4n) is 1.72. The maximum absolute atomic E-state index is 11.2. The van der Waals surface area contributed by atoms with Gasteiger partial charge in [-0.3, -0.25) is 4.79 Å². The van der Waals surface area contributed by atoms with Crippen LogP contribution in [0.3, 0.4) is 0 Å². The van der Waals surface area contributed by atoms with Gasteiger partial charge in [0.25, 0.3) is 0 Å². The predicted octanol–water partition coefficient (Wildman–Crippen LogP) is 1.05. The Bertz CT molecular complexity index is 218. The highest BCUT2D eigenvalue weighted by atomic mass is 35.5. The molecule has 1 unspecified atom stereocenters. The van der Waals surface area contributed by atoms with Gasteiger partial charge in [-0.25, -0.2) is 0 Å². The van der Waals surface area contributed by atoms with Gasteiger partial charge in [-0.2, -0.15) is 0 Å². The van der Waals surface area contributed by atoms with Crippen LogP contribution in [0.25, 0.3) is 0 Å². The molecule has 1 aliphatic heterocycles. The van der Waals surface area contributed by atoms with Gasteiger partial charge in [-0.05, 0) is 19.3 Å². The molecule has 1 rings (SSSR count). The fourth-order valence-corrected chi connectivity index (χ4v) is 1.89. The number of halogens is 1. The Morgan fingerprint density at radius 3 is 2.77 bits per heavy atom. The van der Waals surface area contributed by atoms with Crippen LogP contribution in [-0.4, -0.2) is 35.6 Å². The van der Waals surface area contributed by atoms with Crippen LogP contribution < -0.4 is 0 Å². The molecule has 0 N–H and O–H groups in total. The molecule has 0 spiro atoms. The first kappa shape index (κ1) is 10.5. The van der Waals surface area contributed by atoms with Gasteiger partial charge in [0.15, 0.2) is 0 Å². The van der Waals surface area contributed by atoms with Crippen molar-refractivity contribution in [1.29, 1.82) is 0 Å². The zero-order valence-electron chi connectivity index (χ0n) is 7.75. The molecule has 0 aromatic heterocycles. The molecule has 0 bridgehead atoms. The van der Waals surface area contributed by atoms with Crippen LogP contribution >= 0.6 is 11.6 Å². The first-order valence-electron chi connectivity index (χ1n) is 4.46. The maximum atomic E-state index is 11.2. The van der Waals surface area contributed by atoms with E-state index in [1.54, 1.807) is 11.8 Å². The lowest BCUT2D eigenvalue weighted by Gasteiger charge is -2.14. The van der Waals surface area contributed by atoms with Crippen molar-refractivity contribution in [3.63, 3.8) is 0 Å². The van der Waals surface area contributed by atoms with Crippen molar-refractivity contribution in [3.05, 3.63) is 0 Å². The third kappa shape index (κ3) is 2.99. The molecular formula is C9H14ClNO2. The number of carbonyl (C=O) groups excluding carboxylic acids is 2.